The lowest BCUT2D eigenvalue weighted by molar-refractivity contribution is 0.297. The van der Waals surface area contributed by atoms with Crippen molar-refractivity contribution in [3.05, 3.63) is 53.2 Å². The maximum absolute atomic E-state index is 13.6. The monoisotopic (exact) mass is 517 g/mol. The maximum atomic E-state index is 13.6. The summed E-state index contributed by atoms with van der Waals surface area (Å²) in [4.78, 5) is 6.31. The number of nitrogens with one attached hydrogen (secondary N) is 2. The molecule has 0 saturated heterocycles. The largest absolute Gasteiger partial charge is 0.359 e. The highest BCUT2D eigenvalue weighted by Gasteiger charge is 2.16. The molecular formula is C21H33FIN5O. The van der Waals surface area contributed by atoms with Crippen LogP contribution in [-0.4, -0.2) is 43.7 Å². The van der Waals surface area contributed by atoms with E-state index in [1.807, 2.05) is 31.1 Å². The Hall–Kier alpha value is -1.68. The summed E-state index contributed by atoms with van der Waals surface area (Å²) < 4.78 is 19.0. The van der Waals surface area contributed by atoms with Crippen molar-refractivity contribution in [2.24, 2.45) is 4.99 Å². The van der Waals surface area contributed by atoms with Gasteiger partial charge in [-0.25, -0.2) is 4.39 Å². The van der Waals surface area contributed by atoms with Gasteiger partial charge in [0.2, 0.25) is 0 Å². The second-order valence-corrected chi connectivity index (χ2v) is 7.07. The van der Waals surface area contributed by atoms with E-state index in [1.165, 1.54) is 6.07 Å². The summed E-state index contributed by atoms with van der Waals surface area (Å²) in [6, 6.07) is 8.71. The number of aromatic nitrogens is 1. The minimum atomic E-state index is -0.231. The van der Waals surface area contributed by atoms with Gasteiger partial charge in [0, 0.05) is 25.6 Å². The standard InChI is InChI=1S/C21H32FN5O.HI/c1-6-15(7-2)19-12-18(28-26-19)13-24-21(23-3)25-14-20(27(4)5)16-9-8-10-17(22)11-16;/h8-12,15,20H,6-7,13-14H2,1-5H3,(H2,23,24,25);1H. The third-order valence-electron chi connectivity index (χ3n) is 4.95. The highest BCUT2D eigenvalue weighted by Crippen LogP contribution is 2.22. The van der Waals surface area contributed by atoms with Crippen LogP contribution >= 0.6 is 24.0 Å². The fourth-order valence-corrected chi connectivity index (χ4v) is 3.21. The molecule has 162 valence electrons. The van der Waals surface area contributed by atoms with Gasteiger partial charge in [0.05, 0.1) is 18.3 Å². The SMILES string of the molecule is CCC(CC)c1cc(CNC(=NC)NCC(c2cccc(F)c2)N(C)C)on1.I. The number of rotatable bonds is 9. The normalized spacial score (nSPS) is 12.8. The van der Waals surface area contributed by atoms with Crippen molar-refractivity contribution in [2.75, 3.05) is 27.7 Å². The van der Waals surface area contributed by atoms with Crippen LogP contribution in [0.15, 0.2) is 39.8 Å². The molecule has 0 fully saturated rings. The Bertz CT molecular complexity index is 761. The van der Waals surface area contributed by atoms with Crippen LogP contribution in [0.2, 0.25) is 0 Å². The number of likely N-dealkylation sites (N-methyl/N-ethyl adjacent to an activating group) is 1. The van der Waals surface area contributed by atoms with Gasteiger partial charge >= 0.3 is 0 Å². The van der Waals surface area contributed by atoms with E-state index in [2.05, 4.69) is 34.6 Å². The molecular weight excluding hydrogens is 484 g/mol. The van der Waals surface area contributed by atoms with Crippen LogP contribution < -0.4 is 10.6 Å². The summed E-state index contributed by atoms with van der Waals surface area (Å²) in [6.45, 7) is 5.41. The van der Waals surface area contributed by atoms with Crippen LogP contribution in [0, 0.1) is 5.82 Å². The van der Waals surface area contributed by atoms with E-state index in [-0.39, 0.29) is 35.8 Å². The summed E-state index contributed by atoms with van der Waals surface area (Å²) >= 11 is 0. The molecule has 2 rings (SSSR count). The fraction of sp³-hybridized carbons (Fsp3) is 0.524. The minimum Gasteiger partial charge on any atom is -0.359 e. The Morgan fingerprint density at radius 1 is 1.21 bits per heavy atom. The molecule has 0 amide bonds. The lowest BCUT2D eigenvalue weighted by atomic mass is 9.99. The number of hydrogen-bond donors (Lipinski definition) is 2. The second-order valence-electron chi connectivity index (χ2n) is 7.07. The molecule has 1 aromatic carbocycles. The van der Waals surface area contributed by atoms with E-state index in [0.717, 1.165) is 29.9 Å². The van der Waals surface area contributed by atoms with E-state index in [1.54, 1.807) is 19.2 Å². The van der Waals surface area contributed by atoms with Gasteiger partial charge in [0.25, 0.3) is 0 Å². The van der Waals surface area contributed by atoms with Crippen molar-refractivity contribution in [3.8, 4) is 0 Å². The first-order valence-corrected chi connectivity index (χ1v) is 9.80. The van der Waals surface area contributed by atoms with Crippen LogP contribution in [0.5, 0.6) is 0 Å². The first kappa shape index (κ1) is 25.4. The molecule has 2 aromatic rings. The minimum absolute atomic E-state index is 0. The van der Waals surface area contributed by atoms with Crippen molar-refractivity contribution in [1.82, 2.24) is 20.7 Å². The highest BCUT2D eigenvalue weighted by atomic mass is 127. The third kappa shape index (κ3) is 7.58. The zero-order chi connectivity index (χ0) is 20.5. The Labute approximate surface area is 190 Å². The fourth-order valence-electron chi connectivity index (χ4n) is 3.21. The molecule has 0 radical (unpaired) electrons. The van der Waals surface area contributed by atoms with Crippen LogP contribution in [0.1, 0.15) is 55.7 Å². The molecule has 0 bridgehead atoms. The molecule has 0 aliphatic heterocycles. The Morgan fingerprint density at radius 2 is 1.93 bits per heavy atom. The lowest BCUT2D eigenvalue weighted by Gasteiger charge is -2.26. The number of halogens is 2. The van der Waals surface area contributed by atoms with Crippen LogP contribution in [0.25, 0.3) is 0 Å². The summed E-state index contributed by atoms with van der Waals surface area (Å²) in [5.74, 6) is 1.63. The predicted molar refractivity (Wildman–Crippen MR) is 126 cm³/mol. The molecule has 2 N–H and O–H groups in total. The van der Waals surface area contributed by atoms with Crippen molar-refractivity contribution < 1.29 is 8.91 Å². The van der Waals surface area contributed by atoms with Gasteiger partial charge < -0.3 is 20.1 Å². The van der Waals surface area contributed by atoms with Gasteiger partial charge in [-0.05, 0) is 44.6 Å². The van der Waals surface area contributed by atoms with Crippen LogP contribution in [0.4, 0.5) is 4.39 Å². The van der Waals surface area contributed by atoms with Gasteiger partial charge in [-0.15, -0.1) is 24.0 Å². The first-order chi connectivity index (χ1) is 13.5. The van der Waals surface area contributed by atoms with Gasteiger partial charge in [-0.2, -0.15) is 0 Å². The molecule has 0 spiro atoms. The van der Waals surface area contributed by atoms with E-state index < -0.39 is 0 Å². The summed E-state index contributed by atoms with van der Waals surface area (Å²) in [5.41, 5.74) is 1.92. The second kappa shape index (κ2) is 12.8. The highest BCUT2D eigenvalue weighted by molar-refractivity contribution is 14.0. The van der Waals surface area contributed by atoms with Crippen molar-refractivity contribution >= 4 is 29.9 Å². The zero-order valence-electron chi connectivity index (χ0n) is 17.9. The molecule has 0 aliphatic carbocycles. The Morgan fingerprint density at radius 3 is 2.52 bits per heavy atom. The number of aliphatic imine (C=N–C) groups is 1. The molecule has 29 heavy (non-hydrogen) atoms. The van der Waals surface area contributed by atoms with E-state index >= 15 is 0 Å². The van der Waals surface area contributed by atoms with E-state index in [4.69, 9.17) is 4.52 Å². The molecule has 1 heterocycles. The Balaban J connectivity index is 0.00000420. The zero-order valence-corrected chi connectivity index (χ0v) is 20.2. The van der Waals surface area contributed by atoms with Gasteiger partial charge in [-0.1, -0.05) is 31.1 Å². The third-order valence-corrected chi connectivity index (χ3v) is 4.95. The number of hydrogen-bond acceptors (Lipinski definition) is 4. The number of benzene rings is 1. The van der Waals surface area contributed by atoms with Crippen molar-refractivity contribution in [3.63, 3.8) is 0 Å². The van der Waals surface area contributed by atoms with Crippen molar-refractivity contribution in [1.29, 1.82) is 0 Å². The number of nitrogens with zero attached hydrogens (tertiary/aromatic N) is 3. The smallest absolute Gasteiger partial charge is 0.191 e. The molecule has 1 atom stereocenters. The van der Waals surface area contributed by atoms with Gasteiger partial charge in [0.1, 0.15) is 5.82 Å². The summed E-state index contributed by atoms with van der Waals surface area (Å²) in [6.07, 6.45) is 2.09. The molecule has 0 aliphatic rings. The summed E-state index contributed by atoms with van der Waals surface area (Å²) in [5, 5.41) is 10.7. The van der Waals surface area contributed by atoms with E-state index in [0.29, 0.717) is 25.0 Å². The molecule has 8 heteroatoms. The van der Waals surface area contributed by atoms with Crippen molar-refractivity contribution in [2.45, 2.75) is 45.2 Å². The molecule has 1 unspecified atom stereocenters. The maximum Gasteiger partial charge on any atom is 0.191 e. The summed E-state index contributed by atoms with van der Waals surface area (Å²) in [7, 11) is 5.67. The quantitative estimate of drug-likeness (QED) is 0.295. The van der Waals surface area contributed by atoms with Crippen LogP contribution in [-0.2, 0) is 6.54 Å². The molecule has 1 aromatic heterocycles. The topological polar surface area (TPSA) is 65.7 Å². The van der Waals surface area contributed by atoms with Crippen LogP contribution in [0.3, 0.4) is 0 Å². The van der Waals surface area contributed by atoms with E-state index in [9.17, 15) is 4.39 Å². The average molecular weight is 517 g/mol. The van der Waals surface area contributed by atoms with Gasteiger partial charge in [0.15, 0.2) is 11.7 Å². The number of guanidine groups is 1. The molecule has 6 nitrogen and oxygen atoms in total. The van der Waals surface area contributed by atoms with Gasteiger partial charge in [-0.3, -0.25) is 4.99 Å². The Kier molecular flexibility index (Phi) is 11.2. The lowest BCUT2D eigenvalue weighted by Crippen LogP contribution is -2.41. The first-order valence-electron chi connectivity index (χ1n) is 9.80. The average Bonchev–Trinajstić information content (AvgIpc) is 3.14. The molecule has 0 saturated carbocycles. The predicted octanol–water partition coefficient (Wildman–Crippen LogP) is 4.30.